The predicted molar refractivity (Wildman–Crippen MR) is 69.9 cm³/mol. The number of piperidine rings is 1. The number of hydrogen-bond acceptors (Lipinski definition) is 6. The Labute approximate surface area is 113 Å². The van der Waals surface area contributed by atoms with Gasteiger partial charge in [-0.05, 0) is 33.0 Å². The molecule has 1 aromatic rings. The molecular weight excluding hydrogens is 244 g/mol. The van der Waals surface area contributed by atoms with Gasteiger partial charge in [0.2, 0.25) is 11.7 Å². The van der Waals surface area contributed by atoms with Gasteiger partial charge in [0.05, 0.1) is 6.61 Å². The van der Waals surface area contributed by atoms with E-state index < -0.39 is 0 Å². The van der Waals surface area contributed by atoms with Gasteiger partial charge >= 0.3 is 0 Å². The third-order valence-electron chi connectivity index (χ3n) is 4.22. The summed E-state index contributed by atoms with van der Waals surface area (Å²) in [5, 5.41) is 7.50. The molecule has 0 aromatic carbocycles. The largest absolute Gasteiger partial charge is 0.367 e. The molecule has 3 heterocycles. The molecule has 0 spiro atoms. The minimum atomic E-state index is -0.0541. The van der Waals surface area contributed by atoms with Crippen molar-refractivity contribution in [2.75, 3.05) is 39.8 Å². The monoisotopic (exact) mass is 266 g/mol. The van der Waals surface area contributed by atoms with Crippen LogP contribution in [0.15, 0.2) is 4.52 Å². The third kappa shape index (κ3) is 2.66. The van der Waals surface area contributed by atoms with E-state index in [1.807, 2.05) is 0 Å². The highest BCUT2D eigenvalue weighted by Crippen LogP contribution is 2.32. The van der Waals surface area contributed by atoms with Crippen LogP contribution < -0.4 is 5.32 Å². The molecule has 6 nitrogen and oxygen atoms in total. The Bertz CT molecular complexity index is 428. The van der Waals surface area contributed by atoms with Gasteiger partial charge in [-0.2, -0.15) is 4.98 Å². The lowest BCUT2D eigenvalue weighted by Crippen LogP contribution is -2.38. The van der Waals surface area contributed by atoms with E-state index in [1.165, 1.54) is 0 Å². The van der Waals surface area contributed by atoms with Crippen LogP contribution in [0.2, 0.25) is 0 Å². The van der Waals surface area contributed by atoms with Crippen LogP contribution in [0.25, 0.3) is 0 Å². The Morgan fingerprint density at radius 2 is 2.16 bits per heavy atom. The van der Waals surface area contributed by atoms with Crippen LogP contribution in [0.4, 0.5) is 0 Å². The minimum Gasteiger partial charge on any atom is -0.367 e. The number of morpholine rings is 1. The fourth-order valence-electron chi connectivity index (χ4n) is 2.74. The molecule has 106 valence electrons. The lowest BCUT2D eigenvalue weighted by molar-refractivity contribution is -0.0264. The average Bonchev–Trinajstić information content (AvgIpc) is 2.90. The van der Waals surface area contributed by atoms with Crippen molar-refractivity contribution in [1.82, 2.24) is 20.4 Å². The van der Waals surface area contributed by atoms with Gasteiger partial charge in [0.1, 0.15) is 6.10 Å². The summed E-state index contributed by atoms with van der Waals surface area (Å²) in [5.41, 5.74) is 0.0110. The fraction of sp³-hybridized carbons (Fsp3) is 0.846. The number of nitrogens with one attached hydrogen (secondary N) is 1. The Kier molecular flexibility index (Phi) is 3.56. The van der Waals surface area contributed by atoms with Crippen molar-refractivity contribution >= 4 is 0 Å². The van der Waals surface area contributed by atoms with Crippen LogP contribution in [0, 0.1) is 0 Å². The summed E-state index contributed by atoms with van der Waals surface area (Å²) in [4.78, 5) is 6.84. The molecule has 0 radical (unpaired) electrons. The lowest BCUT2D eigenvalue weighted by Gasteiger charge is -2.30. The highest BCUT2D eigenvalue weighted by molar-refractivity contribution is 5.06. The summed E-state index contributed by atoms with van der Waals surface area (Å²) in [6, 6.07) is 0. The summed E-state index contributed by atoms with van der Waals surface area (Å²) in [6.45, 7) is 6.75. The lowest BCUT2D eigenvalue weighted by atomic mass is 9.81. The molecule has 2 fully saturated rings. The number of likely N-dealkylation sites (N-methyl/N-ethyl adjacent to an activating group) is 1. The molecule has 0 amide bonds. The molecule has 2 saturated heterocycles. The summed E-state index contributed by atoms with van der Waals surface area (Å²) < 4.78 is 11.2. The van der Waals surface area contributed by atoms with Crippen molar-refractivity contribution in [3.8, 4) is 0 Å². The zero-order chi connectivity index (χ0) is 13.3. The summed E-state index contributed by atoms with van der Waals surface area (Å²) in [7, 11) is 2.09. The second-order valence-electron chi connectivity index (χ2n) is 5.89. The molecule has 1 atom stereocenters. The topological polar surface area (TPSA) is 63.4 Å². The van der Waals surface area contributed by atoms with Crippen molar-refractivity contribution in [1.29, 1.82) is 0 Å². The van der Waals surface area contributed by atoms with Crippen molar-refractivity contribution in [2.45, 2.75) is 31.3 Å². The van der Waals surface area contributed by atoms with Crippen molar-refractivity contribution in [3.05, 3.63) is 11.7 Å². The van der Waals surface area contributed by atoms with E-state index >= 15 is 0 Å². The van der Waals surface area contributed by atoms with Gasteiger partial charge < -0.3 is 19.5 Å². The van der Waals surface area contributed by atoms with E-state index in [2.05, 4.69) is 34.3 Å². The van der Waals surface area contributed by atoms with E-state index in [4.69, 9.17) is 9.26 Å². The molecule has 3 rings (SSSR count). The smallest absolute Gasteiger partial charge is 0.232 e. The predicted octanol–water partition coefficient (Wildman–Crippen LogP) is 0.714. The maximum absolute atomic E-state index is 5.73. The van der Waals surface area contributed by atoms with Crippen LogP contribution >= 0.6 is 0 Å². The molecule has 1 unspecified atom stereocenters. The quantitative estimate of drug-likeness (QED) is 0.851. The fourth-order valence-corrected chi connectivity index (χ4v) is 2.74. The van der Waals surface area contributed by atoms with Gasteiger partial charge in [-0.1, -0.05) is 12.1 Å². The van der Waals surface area contributed by atoms with Crippen LogP contribution in [0.3, 0.4) is 0 Å². The number of ether oxygens (including phenoxy) is 1. The van der Waals surface area contributed by atoms with Gasteiger partial charge in [0.25, 0.3) is 0 Å². The molecule has 19 heavy (non-hydrogen) atoms. The second-order valence-corrected chi connectivity index (χ2v) is 5.89. The Hall–Kier alpha value is -0.980. The van der Waals surface area contributed by atoms with E-state index in [1.54, 1.807) is 0 Å². The number of aromatic nitrogens is 2. The highest BCUT2D eigenvalue weighted by Gasteiger charge is 2.35. The molecule has 1 aromatic heterocycles. The van der Waals surface area contributed by atoms with Crippen LogP contribution in [-0.2, 0) is 10.2 Å². The molecule has 0 aliphatic carbocycles. The third-order valence-corrected chi connectivity index (χ3v) is 4.22. The average molecular weight is 266 g/mol. The zero-order valence-electron chi connectivity index (χ0n) is 11.7. The standard InChI is InChI=1S/C13H22N4O2/c1-13(3-5-14-6-4-13)12-15-11(16-19-12)10-9-17(2)7-8-18-10/h10,14H,3-9H2,1-2H3. The van der Waals surface area contributed by atoms with E-state index in [9.17, 15) is 0 Å². The minimum absolute atomic E-state index is 0.0110. The van der Waals surface area contributed by atoms with E-state index in [-0.39, 0.29) is 11.5 Å². The Morgan fingerprint density at radius 1 is 1.37 bits per heavy atom. The number of hydrogen-bond donors (Lipinski definition) is 1. The van der Waals surface area contributed by atoms with Gasteiger partial charge in [-0.25, -0.2) is 0 Å². The summed E-state index contributed by atoms with van der Waals surface area (Å²) in [6.07, 6.45) is 2.03. The number of nitrogens with zero attached hydrogens (tertiary/aromatic N) is 3. The molecule has 2 aliphatic heterocycles. The summed E-state index contributed by atoms with van der Waals surface area (Å²) in [5.74, 6) is 1.46. The van der Waals surface area contributed by atoms with Gasteiger partial charge in [-0.3, -0.25) is 0 Å². The maximum Gasteiger partial charge on any atom is 0.232 e. The maximum atomic E-state index is 5.73. The van der Waals surface area contributed by atoms with Crippen LogP contribution in [0.5, 0.6) is 0 Å². The van der Waals surface area contributed by atoms with Gasteiger partial charge in [0.15, 0.2) is 0 Å². The highest BCUT2D eigenvalue weighted by atomic mass is 16.5. The molecule has 6 heteroatoms. The first-order chi connectivity index (χ1) is 9.17. The summed E-state index contributed by atoms with van der Waals surface area (Å²) >= 11 is 0. The van der Waals surface area contributed by atoms with Crippen molar-refractivity contribution in [3.63, 3.8) is 0 Å². The molecular formula is C13H22N4O2. The van der Waals surface area contributed by atoms with Crippen molar-refractivity contribution < 1.29 is 9.26 Å². The zero-order valence-corrected chi connectivity index (χ0v) is 11.7. The normalized spacial score (nSPS) is 28.4. The van der Waals surface area contributed by atoms with Crippen LogP contribution in [0.1, 0.15) is 37.6 Å². The first kappa shape index (κ1) is 13.0. The van der Waals surface area contributed by atoms with E-state index in [0.29, 0.717) is 5.82 Å². The molecule has 2 aliphatic rings. The van der Waals surface area contributed by atoms with Crippen molar-refractivity contribution in [2.24, 2.45) is 0 Å². The Balaban J connectivity index is 1.75. The molecule has 1 N–H and O–H groups in total. The molecule has 0 saturated carbocycles. The van der Waals surface area contributed by atoms with E-state index in [0.717, 1.165) is 51.5 Å². The first-order valence-corrected chi connectivity index (χ1v) is 7.02. The first-order valence-electron chi connectivity index (χ1n) is 7.02. The second kappa shape index (κ2) is 5.19. The van der Waals surface area contributed by atoms with Gasteiger partial charge in [-0.15, -0.1) is 0 Å². The Morgan fingerprint density at radius 3 is 2.89 bits per heavy atom. The van der Waals surface area contributed by atoms with Gasteiger partial charge in [0, 0.05) is 18.5 Å². The number of rotatable bonds is 2. The SMILES string of the molecule is CN1CCOC(c2noc(C3(C)CCNCC3)n2)C1. The van der Waals surface area contributed by atoms with Crippen LogP contribution in [-0.4, -0.2) is 54.9 Å². The molecule has 0 bridgehead atoms.